The van der Waals surface area contributed by atoms with Crippen LogP contribution in [0.3, 0.4) is 0 Å². The molecule has 3 aromatic carbocycles. The summed E-state index contributed by atoms with van der Waals surface area (Å²) in [5.74, 6) is 2.33. The summed E-state index contributed by atoms with van der Waals surface area (Å²) in [7, 11) is 4.94. The van der Waals surface area contributed by atoms with Gasteiger partial charge < -0.3 is 19.3 Å². The molecular formula is C25H27NO4. The number of hydrogen-bond acceptors (Lipinski definition) is 5. The first-order valence-corrected chi connectivity index (χ1v) is 10.0. The maximum atomic E-state index is 11.2. The fourth-order valence-corrected chi connectivity index (χ4v) is 4.68. The molecule has 0 bridgehead atoms. The number of methoxy groups -OCH3 is 3. The van der Waals surface area contributed by atoms with Crippen LogP contribution in [0.2, 0.25) is 0 Å². The van der Waals surface area contributed by atoms with Crippen molar-refractivity contribution in [3.05, 3.63) is 47.0 Å². The third kappa shape index (κ3) is 2.96. The number of nitrogens with zero attached hydrogens (tertiary/aromatic N) is 1. The molecular weight excluding hydrogens is 378 g/mol. The Morgan fingerprint density at radius 2 is 1.60 bits per heavy atom. The molecule has 1 N–H and O–H groups in total. The van der Waals surface area contributed by atoms with Crippen LogP contribution >= 0.6 is 0 Å². The van der Waals surface area contributed by atoms with E-state index in [0.717, 1.165) is 62.2 Å². The van der Waals surface area contributed by atoms with E-state index in [9.17, 15) is 5.11 Å². The van der Waals surface area contributed by atoms with Crippen molar-refractivity contribution < 1.29 is 19.3 Å². The number of benzene rings is 3. The first-order chi connectivity index (χ1) is 14.4. The molecule has 1 aliphatic heterocycles. The fourth-order valence-electron chi connectivity index (χ4n) is 4.68. The maximum Gasteiger partial charge on any atom is 0.131 e. The smallest absolute Gasteiger partial charge is 0.131 e. The summed E-state index contributed by atoms with van der Waals surface area (Å²) in [5.41, 5.74) is 5.77. The van der Waals surface area contributed by atoms with Gasteiger partial charge in [-0.15, -0.1) is 0 Å². The average molecular weight is 405 g/mol. The molecule has 0 saturated heterocycles. The molecule has 5 nitrogen and oxygen atoms in total. The Kier molecular flexibility index (Phi) is 5.06. The minimum absolute atomic E-state index is 0.127. The number of phenols is 1. The summed E-state index contributed by atoms with van der Waals surface area (Å²) in [6, 6.07) is 9.76. The van der Waals surface area contributed by atoms with E-state index < -0.39 is 0 Å². The van der Waals surface area contributed by atoms with E-state index in [0.29, 0.717) is 5.75 Å². The highest BCUT2D eigenvalue weighted by molar-refractivity contribution is 6.10. The van der Waals surface area contributed by atoms with Gasteiger partial charge >= 0.3 is 0 Å². The van der Waals surface area contributed by atoms with Gasteiger partial charge in [-0.25, -0.2) is 0 Å². The zero-order chi connectivity index (χ0) is 21.6. The summed E-state index contributed by atoms with van der Waals surface area (Å²) >= 11 is 0. The first kappa shape index (κ1) is 20.1. The molecule has 1 unspecified atom stereocenters. The van der Waals surface area contributed by atoms with Gasteiger partial charge in [0.1, 0.15) is 23.0 Å². The van der Waals surface area contributed by atoms with Gasteiger partial charge in [-0.05, 0) is 61.4 Å². The molecule has 0 aromatic heterocycles. The summed E-state index contributed by atoms with van der Waals surface area (Å²) in [4.78, 5) is 4.75. The summed E-state index contributed by atoms with van der Waals surface area (Å²) < 4.78 is 16.9. The van der Waals surface area contributed by atoms with Gasteiger partial charge in [-0.3, -0.25) is 4.99 Å². The van der Waals surface area contributed by atoms with E-state index in [1.54, 1.807) is 27.4 Å². The number of hydrogen-bond donors (Lipinski definition) is 1. The number of aryl methyl sites for hydroxylation is 1. The number of rotatable bonds is 4. The van der Waals surface area contributed by atoms with Crippen LogP contribution in [0.5, 0.6) is 23.0 Å². The van der Waals surface area contributed by atoms with Crippen molar-refractivity contribution in [1.29, 1.82) is 0 Å². The van der Waals surface area contributed by atoms with Crippen molar-refractivity contribution in [2.75, 3.05) is 21.3 Å². The van der Waals surface area contributed by atoms with Gasteiger partial charge in [0.15, 0.2) is 0 Å². The van der Waals surface area contributed by atoms with Crippen LogP contribution in [-0.2, 0) is 6.42 Å². The van der Waals surface area contributed by atoms with Crippen molar-refractivity contribution >= 4 is 16.5 Å². The lowest BCUT2D eigenvalue weighted by Crippen LogP contribution is -2.19. The third-order valence-corrected chi connectivity index (χ3v) is 5.84. The van der Waals surface area contributed by atoms with E-state index in [-0.39, 0.29) is 11.8 Å². The zero-order valence-corrected chi connectivity index (χ0v) is 18.3. The topological polar surface area (TPSA) is 60.3 Å². The first-order valence-electron chi connectivity index (χ1n) is 10.0. The Hall–Kier alpha value is -3.21. The Balaban J connectivity index is 2.17. The lowest BCUT2D eigenvalue weighted by molar-refractivity contribution is 0.404. The molecule has 1 aliphatic rings. The van der Waals surface area contributed by atoms with Crippen LogP contribution in [0.1, 0.15) is 30.5 Å². The minimum Gasteiger partial charge on any atom is -0.507 e. The Morgan fingerprint density at radius 1 is 0.900 bits per heavy atom. The average Bonchev–Trinajstić information content (AvgIpc) is 2.72. The van der Waals surface area contributed by atoms with Gasteiger partial charge in [0.2, 0.25) is 0 Å². The second kappa shape index (κ2) is 7.56. The normalized spacial score (nSPS) is 15.5. The predicted octanol–water partition coefficient (Wildman–Crippen LogP) is 5.30. The molecule has 0 fully saturated rings. The Morgan fingerprint density at radius 3 is 2.27 bits per heavy atom. The molecule has 0 radical (unpaired) electrons. The van der Waals surface area contributed by atoms with Gasteiger partial charge in [-0.1, -0.05) is 12.1 Å². The number of ether oxygens (including phenoxy) is 3. The van der Waals surface area contributed by atoms with Crippen molar-refractivity contribution in [1.82, 2.24) is 0 Å². The Bertz CT molecular complexity index is 1180. The van der Waals surface area contributed by atoms with Gasteiger partial charge in [0.05, 0.1) is 32.8 Å². The highest BCUT2D eigenvalue weighted by atomic mass is 16.5. The second-order valence-corrected chi connectivity index (χ2v) is 7.75. The third-order valence-electron chi connectivity index (χ3n) is 5.84. The number of aliphatic imine (C=N–C) groups is 1. The molecule has 4 rings (SSSR count). The van der Waals surface area contributed by atoms with Gasteiger partial charge in [0, 0.05) is 22.9 Å². The molecule has 0 amide bonds. The van der Waals surface area contributed by atoms with E-state index in [4.69, 9.17) is 19.2 Å². The van der Waals surface area contributed by atoms with Crippen molar-refractivity contribution in [3.63, 3.8) is 0 Å². The molecule has 1 heterocycles. The minimum atomic E-state index is 0.127. The van der Waals surface area contributed by atoms with E-state index in [1.807, 2.05) is 38.1 Å². The Labute approximate surface area is 176 Å². The SMILES string of the molecule is COc1cc(O)c(-c2c(C)cc(OC)c3c(OC)cccc23)c2c1C(C)=NC(C)C2. The van der Waals surface area contributed by atoms with Gasteiger partial charge in [-0.2, -0.15) is 0 Å². The number of aromatic hydroxyl groups is 1. The quantitative estimate of drug-likeness (QED) is 0.640. The predicted molar refractivity (Wildman–Crippen MR) is 121 cm³/mol. The van der Waals surface area contributed by atoms with Crippen LogP contribution in [0.4, 0.5) is 0 Å². The van der Waals surface area contributed by atoms with Crippen LogP contribution in [0.15, 0.2) is 35.3 Å². The second-order valence-electron chi connectivity index (χ2n) is 7.75. The molecule has 30 heavy (non-hydrogen) atoms. The summed E-state index contributed by atoms with van der Waals surface area (Å²) in [5, 5.41) is 13.0. The van der Waals surface area contributed by atoms with Crippen LogP contribution < -0.4 is 14.2 Å². The highest BCUT2D eigenvalue weighted by Gasteiger charge is 2.28. The number of fused-ring (bicyclic) bond motifs is 2. The highest BCUT2D eigenvalue weighted by Crippen LogP contribution is 2.48. The van der Waals surface area contributed by atoms with Crippen molar-refractivity contribution in [3.8, 4) is 34.1 Å². The monoisotopic (exact) mass is 405 g/mol. The molecule has 1 atom stereocenters. The molecule has 0 saturated carbocycles. The molecule has 0 aliphatic carbocycles. The van der Waals surface area contributed by atoms with Gasteiger partial charge in [0.25, 0.3) is 0 Å². The van der Waals surface area contributed by atoms with Crippen LogP contribution in [0, 0.1) is 6.92 Å². The maximum absolute atomic E-state index is 11.2. The van der Waals surface area contributed by atoms with Crippen LogP contribution in [-0.4, -0.2) is 38.2 Å². The molecule has 3 aromatic rings. The molecule has 156 valence electrons. The fraction of sp³-hybridized carbons (Fsp3) is 0.320. The summed E-state index contributed by atoms with van der Waals surface area (Å²) in [6.07, 6.45) is 0.726. The largest absolute Gasteiger partial charge is 0.507 e. The van der Waals surface area contributed by atoms with E-state index in [1.165, 1.54) is 0 Å². The van der Waals surface area contributed by atoms with E-state index >= 15 is 0 Å². The molecule has 5 heteroatoms. The van der Waals surface area contributed by atoms with E-state index in [2.05, 4.69) is 6.92 Å². The lowest BCUT2D eigenvalue weighted by Gasteiger charge is -2.27. The zero-order valence-electron chi connectivity index (χ0n) is 18.3. The standard InChI is InChI=1S/C25H27NO4/c1-13-10-20(29-5)25-16(8-7-9-19(25)28-4)22(13)24-17-11-14(2)26-15(3)23(17)21(30-6)12-18(24)27/h7-10,12,14,27H,11H2,1-6H3. The summed E-state index contributed by atoms with van der Waals surface area (Å²) in [6.45, 7) is 6.13. The van der Waals surface area contributed by atoms with Crippen molar-refractivity contribution in [2.45, 2.75) is 33.2 Å². The van der Waals surface area contributed by atoms with Crippen molar-refractivity contribution in [2.24, 2.45) is 4.99 Å². The number of phenolic OH excluding ortho intramolecular Hbond substituents is 1. The van der Waals surface area contributed by atoms with Crippen LogP contribution in [0.25, 0.3) is 21.9 Å². The molecule has 0 spiro atoms. The lowest BCUT2D eigenvalue weighted by atomic mass is 9.83.